The molecule has 0 saturated heterocycles. The van der Waals surface area contributed by atoms with Gasteiger partial charge in [0.1, 0.15) is 0 Å². The molecule has 1 aromatic heterocycles. The van der Waals surface area contributed by atoms with Crippen LogP contribution in [-0.2, 0) is 26.2 Å². The predicted octanol–water partition coefficient (Wildman–Crippen LogP) is 6.76. The van der Waals surface area contributed by atoms with Crippen molar-refractivity contribution in [1.29, 1.82) is 0 Å². The van der Waals surface area contributed by atoms with E-state index in [0.29, 0.717) is 0 Å². The SMILES string of the molecule is CCl.[Zr+2].c1cc[cH-]c1.c1ccc2[cH-]c(-n3ccc4ccccc43)cc2c1. The van der Waals surface area contributed by atoms with Gasteiger partial charge in [0.15, 0.2) is 0 Å². The fourth-order valence-corrected chi connectivity index (χ4v) is 2.90. The molecule has 0 fully saturated rings. The van der Waals surface area contributed by atoms with Crippen molar-refractivity contribution in [2.24, 2.45) is 0 Å². The van der Waals surface area contributed by atoms with Crippen molar-refractivity contribution in [2.45, 2.75) is 0 Å². The maximum atomic E-state index is 4.64. The van der Waals surface area contributed by atoms with Crippen LogP contribution in [0.2, 0.25) is 0 Å². The fourth-order valence-electron chi connectivity index (χ4n) is 2.90. The van der Waals surface area contributed by atoms with Crippen molar-refractivity contribution >= 4 is 33.3 Å². The third kappa shape index (κ3) is 4.64. The summed E-state index contributed by atoms with van der Waals surface area (Å²) in [6.45, 7) is 0. The molecule has 0 aliphatic heterocycles. The largest absolute Gasteiger partial charge is 2.00 e. The van der Waals surface area contributed by atoms with E-state index < -0.39 is 0 Å². The third-order valence-corrected chi connectivity index (χ3v) is 4.04. The summed E-state index contributed by atoms with van der Waals surface area (Å²) >= 11 is 4.64. The Bertz CT molecular complexity index is 974. The average molecular weight is 437 g/mol. The Labute approximate surface area is 178 Å². The van der Waals surface area contributed by atoms with Crippen molar-refractivity contribution in [3.05, 3.63) is 103 Å². The summed E-state index contributed by atoms with van der Waals surface area (Å²) in [6, 6.07) is 33.6. The smallest absolute Gasteiger partial charge is 0.335 e. The molecule has 0 spiro atoms. The summed E-state index contributed by atoms with van der Waals surface area (Å²) in [4.78, 5) is 0. The van der Waals surface area contributed by atoms with E-state index in [1.165, 1.54) is 33.7 Å². The topological polar surface area (TPSA) is 4.93 Å². The number of benzene rings is 2. The van der Waals surface area contributed by atoms with Crippen molar-refractivity contribution in [3.63, 3.8) is 0 Å². The van der Waals surface area contributed by atoms with E-state index >= 15 is 0 Å². The standard InChI is InChI=1S/C17H12N.C5H5.CH3Cl.Zr/c1-2-7-15-12-16(11-14(15)6-1)18-10-9-13-5-3-4-8-17(13)18;1-2-4-5-3-1;1-2;/h1-12H;1-5H;1H3;/q2*-1;;+2. The van der Waals surface area contributed by atoms with E-state index in [1.54, 1.807) is 0 Å². The Kier molecular flexibility index (Phi) is 8.10. The number of alkyl halides is 1. The fraction of sp³-hybridized carbons (Fsp3) is 0.0435. The van der Waals surface area contributed by atoms with Gasteiger partial charge < -0.3 is 4.57 Å². The van der Waals surface area contributed by atoms with Crippen LogP contribution in [0.1, 0.15) is 0 Å². The van der Waals surface area contributed by atoms with E-state index in [0.717, 1.165) is 0 Å². The van der Waals surface area contributed by atoms with Crippen LogP contribution in [0, 0.1) is 0 Å². The Balaban J connectivity index is 0.000000261. The zero-order valence-electron chi connectivity index (χ0n) is 14.6. The first-order valence-corrected chi connectivity index (χ1v) is 8.94. The number of rotatable bonds is 1. The zero-order valence-corrected chi connectivity index (χ0v) is 17.9. The van der Waals surface area contributed by atoms with E-state index in [-0.39, 0.29) is 26.2 Å². The van der Waals surface area contributed by atoms with Crippen molar-refractivity contribution in [2.75, 3.05) is 6.38 Å². The van der Waals surface area contributed by atoms with Crippen LogP contribution in [0.15, 0.2) is 103 Å². The summed E-state index contributed by atoms with van der Waals surface area (Å²) in [5.74, 6) is 0. The molecule has 128 valence electrons. The Hall–Kier alpha value is -1.89. The molecule has 5 aromatic rings. The van der Waals surface area contributed by atoms with E-state index in [9.17, 15) is 0 Å². The molecule has 1 heterocycles. The van der Waals surface area contributed by atoms with E-state index in [2.05, 4.69) is 89.1 Å². The number of para-hydroxylation sites is 1. The van der Waals surface area contributed by atoms with Crippen molar-refractivity contribution in [1.82, 2.24) is 4.57 Å². The minimum absolute atomic E-state index is 0. The second-order valence-corrected chi connectivity index (χ2v) is 5.55. The minimum atomic E-state index is 0. The minimum Gasteiger partial charge on any atom is -0.335 e. The molecule has 26 heavy (non-hydrogen) atoms. The molecular formula is C23H20ClNZr. The van der Waals surface area contributed by atoms with E-state index in [4.69, 9.17) is 0 Å². The van der Waals surface area contributed by atoms with Gasteiger partial charge in [0.2, 0.25) is 0 Å². The zero-order chi connectivity index (χ0) is 17.5. The van der Waals surface area contributed by atoms with Crippen LogP contribution in [-0.4, -0.2) is 11.0 Å². The molecule has 1 nitrogen and oxygen atoms in total. The maximum Gasteiger partial charge on any atom is 2.00 e. The van der Waals surface area contributed by atoms with E-state index in [1.807, 2.05) is 30.3 Å². The second kappa shape index (κ2) is 10.3. The van der Waals surface area contributed by atoms with Crippen LogP contribution < -0.4 is 0 Å². The summed E-state index contributed by atoms with van der Waals surface area (Å²) in [6.07, 6.45) is 3.61. The van der Waals surface area contributed by atoms with Crippen molar-refractivity contribution in [3.8, 4) is 5.69 Å². The number of fused-ring (bicyclic) bond motifs is 2. The molecule has 3 heteroatoms. The average Bonchev–Trinajstić information content (AvgIpc) is 3.43. The number of hydrogen-bond acceptors (Lipinski definition) is 0. The van der Waals surface area contributed by atoms with Gasteiger partial charge in [0.05, 0.1) is 5.52 Å². The molecule has 0 amide bonds. The molecule has 5 rings (SSSR count). The molecule has 0 saturated carbocycles. The van der Waals surface area contributed by atoms with Gasteiger partial charge in [0, 0.05) is 12.6 Å². The van der Waals surface area contributed by atoms with Crippen LogP contribution in [0.25, 0.3) is 27.4 Å². The number of halogens is 1. The maximum absolute atomic E-state index is 4.64. The molecule has 0 aliphatic carbocycles. The van der Waals surface area contributed by atoms with Gasteiger partial charge in [-0.3, -0.25) is 0 Å². The first kappa shape index (κ1) is 20.4. The molecule has 0 aliphatic rings. The van der Waals surface area contributed by atoms with Crippen LogP contribution in [0.5, 0.6) is 0 Å². The van der Waals surface area contributed by atoms with Gasteiger partial charge >= 0.3 is 26.2 Å². The predicted molar refractivity (Wildman–Crippen MR) is 110 cm³/mol. The van der Waals surface area contributed by atoms with Crippen LogP contribution in [0.4, 0.5) is 0 Å². The molecule has 0 radical (unpaired) electrons. The first-order chi connectivity index (χ1) is 12.4. The normalized spacial score (nSPS) is 9.62. The van der Waals surface area contributed by atoms with Gasteiger partial charge in [-0.1, -0.05) is 24.3 Å². The Morgan fingerprint density at radius 3 is 2.08 bits per heavy atom. The molecule has 0 unspecified atom stereocenters. The molecule has 0 atom stereocenters. The molecule has 0 N–H and O–H groups in total. The molecular weight excluding hydrogens is 417 g/mol. The van der Waals surface area contributed by atoms with Gasteiger partial charge in [-0.15, -0.1) is 52.7 Å². The van der Waals surface area contributed by atoms with Gasteiger partial charge in [-0.25, -0.2) is 12.1 Å². The second-order valence-electron chi connectivity index (χ2n) is 5.55. The number of nitrogens with zero attached hydrogens (tertiary/aromatic N) is 1. The molecule has 4 aromatic carbocycles. The third-order valence-electron chi connectivity index (χ3n) is 4.04. The Morgan fingerprint density at radius 1 is 0.769 bits per heavy atom. The Morgan fingerprint density at radius 2 is 1.42 bits per heavy atom. The van der Waals surface area contributed by atoms with Crippen LogP contribution in [0.3, 0.4) is 0 Å². The number of aromatic nitrogens is 1. The quantitative estimate of drug-likeness (QED) is 0.202. The summed E-state index contributed by atoms with van der Waals surface area (Å²) in [5.41, 5.74) is 2.49. The van der Waals surface area contributed by atoms with Gasteiger partial charge in [-0.2, -0.15) is 18.2 Å². The van der Waals surface area contributed by atoms with Crippen molar-refractivity contribution < 1.29 is 26.2 Å². The van der Waals surface area contributed by atoms with Gasteiger partial charge in [-0.05, 0) is 23.2 Å². The van der Waals surface area contributed by atoms with Gasteiger partial charge in [0.25, 0.3) is 0 Å². The number of hydrogen-bond donors (Lipinski definition) is 0. The molecule has 0 bridgehead atoms. The summed E-state index contributed by atoms with van der Waals surface area (Å²) in [7, 11) is 0. The van der Waals surface area contributed by atoms with Crippen LogP contribution >= 0.6 is 11.6 Å². The summed E-state index contributed by atoms with van der Waals surface area (Å²) < 4.78 is 2.25. The monoisotopic (exact) mass is 435 g/mol. The first-order valence-electron chi connectivity index (χ1n) is 8.18. The summed E-state index contributed by atoms with van der Waals surface area (Å²) in [5, 5.41) is 3.87.